The summed E-state index contributed by atoms with van der Waals surface area (Å²) in [5.41, 5.74) is 6.05. The highest BCUT2D eigenvalue weighted by atomic mass is 16.3. The molecule has 5 heterocycles. The molecule has 0 bridgehead atoms. The van der Waals surface area contributed by atoms with Gasteiger partial charge in [-0.05, 0) is 95.3 Å². The van der Waals surface area contributed by atoms with E-state index in [1.807, 2.05) is 12.3 Å². The molecule has 8 rings (SSSR count). The minimum Gasteiger partial charge on any atom is -0.385 e. The Balaban J connectivity index is 0.875. The number of nitrogens with one attached hydrogen (secondary N) is 3. The van der Waals surface area contributed by atoms with Crippen LogP contribution in [-0.4, -0.2) is 86.2 Å². The van der Waals surface area contributed by atoms with Crippen molar-refractivity contribution in [2.75, 3.05) is 37.3 Å². The summed E-state index contributed by atoms with van der Waals surface area (Å²) in [7, 11) is 2.18. The van der Waals surface area contributed by atoms with Crippen LogP contribution in [0.1, 0.15) is 91.2 Å². The van der Waals surface area contributed by atoms with Crippen molar-refractivity contribution in [1.82, 2.24) is 29.9 Å². The highest BCUT2D eigenvalue weighted by molar-refractivity contribution is 6.06. The molecule has 2 saturated carbocycles. The third-order valence-electron chi connectivity index (χ3n) is 10.6. The van der Waals surface area contributed by atoms with Gasteiger partial charge < -0.3 is 20.6 Å². The highest BCUT2D eigenvalue weighted by Crippen LogP contribution is 2.46. The van der Waals surface area contributed by atoms with Gasteiger partial charge in [0, 0.05) is 53.5 Å². The first kappa shape index (κ1) is 30.1. The Morgan fingerprint density at radius 3 is 2.49 bits per heavy atom. The zero-order valence-electron chi connectivity index (χ0n) is 26.7. The Kier molecular flexibility index (Phi) is 7.72. The Morgan fingerprint density at radius 1 is 0.979 bits per heavy atom. The molecule has 12 nitrogen and oxygen atoms in total. The van der Waals surface area contributed by atoms with E-state index in [9.17, 15) is 19.5 Å². The van der Waals surface area contributed by atoms with Gasteiger partial charge in [-0.2, -0.15) is 5.10 Å². The molecular weight excluding hydrogens is 596 g/mol. The van der Waals surface area contributed by atoms with Crippen molar-refractivity contribution in [3.63, 3.8) is 0 Å². The number of hydrogen-bond acceptors (Lipinski definition) is 9. The zero-order valence-corrected chi connectivity index (χ0v) is 26.7. The first-order chi connectivity index (χ1) is 22.8. The second-order valence-corrected chi connectivity index (χ2v) is 14.1. The van der Waals surface area contributed by atoms with Gasteiger partial charge in [0.1, 0.15) is 6.04 Å². The van der Waals surface area contributed by atoms with Gasteiger partial charge in [0.15, 0.2) is 6.23 Å². The van der Waals surface area contributed by atoms with Crippen molar-refractivity contribution in [3.8, 4) is 11.3 Å². The average molecular weight is 639 g/mol. The van der Waals surface area contributed by atoms with E-state index in [0.29, 0.717) is 35.0 Å². The summed E-state index contributed by atoms with van der Waals surface area (Å²) in [6, 6.07) is 9.62. The van der Waals surface area contributed by atoms with E-state index in [2.05, 4.69) is 50.9 Å². The van der Waals surface area contributed by atoms with Crippen LogP contribution in [0.15, 0.2) is 42.7 Å². The number of amides is 3. The lowest BCUT2D eigenvalue weighted by molar-refractivity contribution is -0.139. The predicted octanol–water partition coefficient (Wildman–Crippen LogP) is 3.64. The molecule has 2 aliphatic carbocycles. The number of piperidine rings is 2. The van der Waals surface area contributed by atoms with Crippen LogP contribution in [0.2, 0.25) is 0 Å². The molecular formula is C35H42N8O4. The average Bonchev–Trinajstić information content (AvgIpc) is 3.76. The van der Waals surface area contributed by atoms with Gasteiger partial charge in [-0.3, -0.25) is 34.3 Å². The maximum Gasteiger partial charge on any atom is 0.257 e. The van der Waals surface area contributed by atoms with E-state index in [0.717, 1.165) is 67.9 Å². The lowest BCUT2D eigenvalue weighted by Gasteiger charge is -2.35. The molecule has 47 heavy (non-hydrogen) atoms. The van der Waals surface area contributed by atoms with Crippen LogP contribution >= 0.6 is 0 Å². The Bertz CT molecular complexity index is 1690. The number of aromatic nitrogens is 3. The number of pyridine rings is 1. The maximum atomic E-state index is 13.2. The number of anilines is 2. The number of aliphatic hydroxyl groups is 1. The van der Waals surface area contributed by atoms with Crippen molar-refractivity contribution in [3.05, 3.63) is 59.5 Å². The molecule has 2 unspecified atom stereocenters. The molecule has 3 aliphatic heterocycles. The van der Waals surface area contributed by atoms with E-state index in [-0.39, 0.29) is 18.7 Å². The van der Waals surface area contributed by atoms with E-state index < -0.39 is 24.1 Å². The number of benzene rings is 1. The van der Waals surface area contributed by atoms with Crippen molar-refractivity contribution >= 4 is 29.1 Å². The highest BCUT2D eigenvalue weighted by Gasteiger charge is 2.44. The summed E-state index contributed by atoms with van der Waals surface area (Å²) >= 11 is 0. The molecule has 0 radical (unpaired) electrons. The number of aliphatic hydroxyl groups excluding tert-OH is 1. The summed E-state index contributed by atoms with van der Waals surface area (Å²) in [6.45, 7) is 3.01. The maximum absolute atomic E-state index is 13.2. The molecule has 2 atom stereocenters. The fraction of sp³-hybridized carbons (Fsp3) is 0.514. The summed E-state index contributed by atoms with van der Waals surface area (Å²) in [6.07, 6.45) is 9.98. The summed E-state index contributed by atoms with van der Waals surface area (Å²) in [5, 5.41) is 25.4. The van der Waals surface area contributed by atoms with Crippen LogP contribution < -0.4 is 16.0 Å². The van der Waals surface area contributed by atoms with Crippen LogP contribution in [0.5, 0.6) is 0 Å². The zero-order chi connectivity index (χ0) is 32.2. The predicted molar refractivity (Wildman–Crippen MR) is 176 cm³/mol. The lowest BCUT2D eigenvalue weighted by atomic mass is 9.80. The van der Waals surface area contributed by atoms with Gasteiger partial charge in [-0.25, -0.2) is 0 Å². The van der Waals surface area contributed by atoms with Crippen LogP contribution in [0, 0.1) is 5.92 Å². The van der Waals surface area contributed by atoms with Gasteiger partial charge >= 0.3 is 0 Å². The van der Waals surface area contributed by atoms with Crippen LogP contribution in [-0.2, 0) is 9.59 Å². The lowest BCUT2D eigenvalue weighted by Crippen LogP contribution is -2.53. The Labute approximate surface area is 273 Å². The molecule has 5 aliphatic rings. The van der Waals surface area contributed by atoms with Gasteiger partial charge in [-0.15, -0.1) is 0 Å². The minimum atomic E-state index is -1.21. The minimum absolute atomic E-state index is 0.140. The molecule has 4 N–H and O–H groups in total. The Hall–Kier alpha value is -4.29. The molecule has 246 valence electrons. The number of nitrogens with zero attached hydrogens (tertiary/aromatic N) is 5. The van der Waals surface area contributed by atoms with Crippen LogP contribution in [0.3, 0.4) is 0 Å². The number of hydrogen-bond donors (Lipinski definition) is 4. The van der Waals surface area contributed by atoms with Gasteiger partial charge in [0.05, 0.1) is 29.3 Å². The number of carbonyl (C=O) groups excluding carboxylic acids is 3. The van der Waals surface area contributed by atoms with Crippen molar-refractivity contribution in [1.29, 1.82) is 0 Å². The number of fused-ring (bicyclic) bond motifs is 1. The second-order valence-electron chi connectivity index (χ2n) is 14.1. The summed E-state index contributed by atoms with van der Waals surface area (Å²) in [4.78, 5) is 45.6. The Morgan fingerprint density at radius 2 is 1.77 bits per heavy atom. The summed E-state index contributed by atoms with van der Waals surface area (Å²) < 4.78 is 2.16. The number of rotatable bonds is 9. The molecule has 2 aromatic heterocycles. The monoisotopic (exact) mass is 638 g/mol. The normalized spacial score (nSPS) is 26.6. The molecule has 0 spiro atoms. The second kappa shape index (κ2) is 12.1. The molecule has 3 aromatic rings. The van der Waals surface area contributed by atoms with Crippen LogP contribution in [0.25, 0.3) is 11.3 Å². The quantitative estimate of drug-likeness (QED) is 0.258. The van der Waals surface area contributed by atoms with E-state index >= 15 is 0 Å². The topological polar surface area (TPSA) is 145 Å². The molecule has 2 saturated heterocycles. The first-order valence-corrected chi connectivity index (χ1v) is 17.0. The fourth-order valence-corrected chi connectivity index (χ4v) is 7.56. The van der Waals surface area contributed by atoms with Crippen molar-refractivity contribution < 1.29 is 19.5 Å². The van der Waals surface area contributed by atoms with E-state index in [4.69, 9.17) is 10.1 Å². The third-order valence-corrected chi connectivity index (χ3v) is 10.6. The van der Waals surface area contributed by atoms with Crippen molar-refractivity contribution in [2.45, 2.75) is 81.6 Å². The first-order valence-electron chi connectivity index (χ1n) is 17.0. The standard InChI is InChI=1S/C35H42N8O4/c1-41-12-10-22(11-13-41)38-24-5-7-29(37-18-24)28-19-42(40-32(28)21-2-3-21)25-14-20(15-25)17-36-23-4-6-26-27(16-23)35(47)43(34(26)46)30-8-9-31(44)39-33(30)45/h4-7,16,18-22,25,30,34,36,38,46H,2-3,8-15,17H2,1H3,(H,39,44,45). The van der Waals surface area contributed by atoms with Gasteiger partial charge in [-0.1, -0.05) is 6.07 Å². The largest absolute Gasteiger partial charge is 0.385 e. The fourth-order valence-electron chi connectivity index (χ4n) is 7.56. The van der Waals surface area contributed by atoms with Crippen LogP contribution in [0.4, 0.5) is 11.4 Å². The van der Waals surface area contributed by atoms with Gasteiger partial charge in [0.2, 0.25) is 11.8 Å². The molecule has 3 amide bonds. The smallest absolute Gasteiger partial charge is 0.257 e. The van der Waals surface area contributed by atoms with Gasteiger partial charge in [0.25, 0.3) is 5.91 Å². The molecule has 4 fully saturated rings. The SMILES string of the molecule is CN1CCC(Nc2ccc(-c3cn(C4CC(CNc5ccc6c(c5)C(=O)N(C5CCC(=O)NC5=O)C6O)C4)nc3C3CC3)nc2)CC1. The van der Waals surface area contributed by atoms with Crippen molar-refractivity contribution in [2.24, 2.45) is 5.92 Å². The van der Waals surface area contributed by atoms with E-state index in [1.165, 1.54) is 23.4 Å². The number of likely N-dealkylation sites (tertiary alicyclic amines) is 1. The third kappa shape index (κ3) is 5.89. The molecule has 1 aromatic carbocycles. The summed E-state index contributed by atoms with van der Waals surface area (Å²) in [5.74, 6) is -0.307. The number of imide groups is 1. The number of carbonyl (C=O) groups is 3. The molecule has 12 heteroatoms. The van der Waals surface area contributed by atoms with E-state index in [1.54, 1.807) is 12.1 Å².